The van der Waals surface area contributed by atoms with Crippen LogP contribution in [0.1, 0.15) is 97.3 Å². The van der Waals surface area contributed by atoms with Gasteiger partial charge in [0.2, 0.25) is 0 Å². The molecule has 9 rings (SSSR count). The second-order valence-electron chi connectivity index (χ2n) is 15.1. The highest BCUT2D eigenvalue weighted by atomic mass is 16.2. The van der Waals surface area contributed by atoms with Gasteiger partial charge in [-0.2, -0.15) is 0 Å². The molecular weight excluding hydrogens is 436 g/mol. The molecule has 8 bridgehead atoms. The molecule has 4 N–H and O–H groups in total. The van der Waals surface area contributed by atoms with Crippen molar-refractivity contribution in [3.8, 4) is 0 Å². The van der Waals surface area contributed by atoms with Gasteiger partial charge in [-0.25, -0.2) is 9.59 Å². The maximum Gasteiger partial charge on any atom is 0.315 e. The van der Waals surface area contributed by atoms with E-state index in [2.05, 4.69) is 35.1 Å². The molecule has 0 unspecified atom stereocenters. The molecule has 9 aliphatic rings. The summed E-state index contributed by atoms with van der Waals surface area (Å²) in [5.74, 6) is 5.41. The predicted octanol–water partition coefficient (Wildman–Crippen LogP) is 4.94. The average molecular weight is 483 g/mol. The van der Waals surface area contributed by atoms with Gasteiger partial charge in [0.05, 0.1) is 0 Å². The summed E-state index contributed by atoms with van der Waals surface area (Å²) >= 11 is 0. The van der Waals surface area contributed by atoms with E-state index in [0.29, 0.717) is 12.5 Å². The SMILES string of the molecule is CC1(C)[C@H](CNC(=O)NC23CC4CC(CC(C4)C2)C3)C[C@H]1NC(=O)NC12CC3CC(CC(C3)C1)C2. The Labute approximate surface area is 210 Å². The van der Waals surface area contributed by atoms with E-state index in [4.69, 9.17) is 0 Å². The third kappa shape index (κ3) is 3.96. The van der Waals surface area contributed by atoms with Gasteiger partial charge < -0.3 is 21.3 Å². The van der Waals surface area contributed by atoms with Crippen LogP contribution in [0.4, 0.5) is 9.59 Å². The van der Waals surface area contributed by atoms with Crippen LogP contribution in [0.2, 0.25) is 0 Å². The van der Waals surface area contributed by atoms with Crippen LogP contribution in [-0.4, -0.2) is 35.7 Å². The first-order valence-electron chi connectivity index (χ1n) is 14.8. The van der Waals surface area contributed by atoms with E-state index in [1.165, 1.54) is 77.0 Å². The molecule has 2 atom stereocenters. The third-order valence-corrected chi connectivity index (χ3v) is 12.1. The number of carbonyl (C=O) groups excluding carboxylic acids is 2. The second kappa shape index (κ2) is 7.77. The topological polar surface area (TPSA) is 82.3 Å². The van der Waals surface area contributed by atoms with E-state index in [1.54, 1.807) is 0 Å². The van der Waals surface area contributed by atoms with E-state index >= 15 is 0 Å². The predicted molar refractivity (Wildman–Crippen MR) is 136 cm³/mol. The molecule has 9 saturated carbocycles. The minimum absolute atomic E-state index is 0.00717. The second-order valence-corrected chi connectivity index (χ2v) is 15.1. The highest BCUT2D eigenvalue weighted by Crippen LogP contribution is 2.57. The molecule has 35 heavy (non-hydrogen) atoms. The van der Waals surface area contributed by atoms with Crippen molar-refractivity contribution >= 4 is 12.1 Å². The zero-order valence-corrected chi connectivity index (χ0v) is 21.8. The van der Waals surface area contributed by atoms with Crippen LogP contribution in [0.5, 0.6) is 0 Å². The van der Waals surface area contributed by atoms with Crippen LogP contribution in [0.15, 0.2) is 0 Å². The fourth-order valence-electron chi connectivity index (χ4n) is 11.1. The maximum atomic E-state index is 13.0. The Bertz CT molecular complexity index is 827. The lowest BCUT2D eigenvalue weighted by Gasteiger charge is -2.57. The van der Waals surface area contributed by atoms with Gasteiger partial charge in [-0.15, -0.1) is 0 Å². The van der Waals surface area contributed by atoms with Gasteiger partial charge in [0.25, 0.3) is 0 Å². The Morgan fingerprint density at radius 1 is 0.629 bits per heavy atom. The molecule has 0 aromatic carbocycles. The first kappa shape index (κ1) is 22.7. The number of carbonyl (C=O) groups is 2. The van der Waals surface area contributed by atoms with E-state index < -0.39 is 0 Å². The maximum absolute atomic E-state index is 13.0. The molecule has 6 heteroatoms. The summed E-state index contributed by atoms with van der Waals surface area (Å²) < 4.78 is 0. The fourth-order valence-corrected chi connectivity index (χ4v) is 11.1. The standard InChI is InChI=1S/C29H46N4O2/c1-27(2)23(16-30-25(34)32-28-10-17-3-18(11-28)5-19(4-17)12-28)9-24(27)31-26(35)33-29-13-20-6-21(14-29)8-22(7-20)15-29/h17-24H,3-16H2,1-2H3,(H2,30,32,34)(H2,31,33,35)/t17?,18?,19?,20?,21?,22?,23-,24+,28?,29?/m0/s1. The molecule has 9 fully saturated rings. The summed E-state index contributed by atoms with van der Waals surface area (Å²) in [6.07, 6.45) is 16.4. The van der Waals surface area contributed by atoms with Crippen LogP contribution in [-0.2, 0) is 0 Å². The Kier molecular flexibility index (Phi) is 5.04. The first-order valence-corrected chi connectivity index (χ1v) is 14.8. The molecule has 4 amide bonds. The van der Waals surface area contributed by atoms with Crippen molar-refractivity contribution < 1.29 is 9.59 Å². The molecule has 0 heterocycles. The van der Waals surface area contributed by atoms with Gasteiger partial charge in [0.1, 0.15) is 0 Å². The van der Waals surface area contributed by atoms with Crippen molar-refractivity contribution in [1.29, 1.82) is 0 Å². The van der Waals surface area contributed by atoms with Crippen LogP contribution < -0.4 is 21.3 Å². The van der Waals surface area contributed by atoms with Crippen molar-refractivity contribution in [2.75, 3.05) is 6.54 Å². The van der Waals surface area contributed by atoms with Gasteiger partial charge in [0.15, 0.2) is 0 Å². The Morgan fingerprint density at radius 2 is 1.03 bits per heavy atom. The molecule has 0 spiro atoms. The summed E-state index contributed by atoms with van der Waals surface area (Å²) in [5.41, 5.74) is 0.114. The molecule has 6 nitrogen and oxygen atoms in total. The minimum Gasteiger partial charge on any atom is -0.338 e. The van der Waals surface area contributed by atoms with E-state index in [9.17, 15) is 9.59 Å². The number of amides is 4. The molecule has 0 aromatic heterocycles. The summed E-state index contributed by atoms with van der Waals surface area (Å²) in [7, 11) is 0. The summed E-state index contributed by atoms with van der Waals surface area (Å²) in [6.45, 7) is 5.19. The van der Waals surface area contributed by atoms with Crippen LogP contribution >= 0.6 is 0 Å². The van der Waals surface area contributed by atoms with Gasteiger partial charge in [-0.3, -0.25) is 0 Å². The van der Waals surface area contributed by atoms with Gasteiger partial charge >= 0.3 is 12.1 Å². The lowest BCUT2D eigenvalue weighted by molar-refractivity contribution is -0.0175. The molecule has 194 valence electrons. The average Bonchev–Trinajstić information content (AvgIpc) is 2.73. The van der Waals surface area contributed by atoms with Crippen molar-refractivity contribution in [3.05, 3.63) is 0 Å². The minimum atomic E-state index is -0.00717. The summed E-state index contributed by atoms with van der Waals surface area (Å²) in [6, 6.07) is 0.240. The Hall–Kier alpha value is -1.46. The fraction of sp³-hybridized carbons (Fsp3) is 0.931. The molecule has 9 aliphatic carbocycles. The van der Waals surface area contributed by atoms with Gasteiger partial charge in [-0.05, 0) is 130 Å². The highest BCUT2D eigenvalue weighted by Gasteiger charge is 2.54. The van der Waals surface area contributed by atoms with Crippen molar-refractivity contribution in [1.82, 2.24) is 21.3 Å². The van der Waals surface area contributed by atoms with E-state index in [0.717, 1.165) is 41.9 Å². The molecule has 0 saturated heterocycles. The van der Waals surface area contributed by atoms with Crippen molar-refractivity contribution in [2.24, 2.45) is 46.8 Å². The number of urea groups is 2. The molecular formula is C29H46N4O2. The number of hydrogen-bond donors (Lipinski definition) is 4. The third-order valence-electron chi connectivity index (χ3n) is 12.1. The summed E-state index contributed by atoms with van der Waals surface area (Å²) in [4.78, 5) is 25.9. The molecule has 0 aromatic rings. The zero-order valence-electron chi connectivity index (χ0n) is 21.8. The van der Waals surface area contributed by atoms with Crippen molar-refractivity contribution in [2.45, 2.75) is 114 Å². The smallest absolute Gasteiger partial charge is 0.315 e. The lowest BCUT2D eigenvalue weighted by Crippen LogP contribution is -2.66. The van der Waals surface area contributed by atoms with Crippen LogP contribution in [0, 0.1) is 46.8 Å². The zero-order chi connectivity index (χ0) is 24.0. The van der Waals surface area contributed by atoms with Crippen LogP contribution in [0.3, 0.4) is 0 Å². The Morgan fingerprint density at radius 3 is 1.43 bits per heavy atom. The number of rotatable bonds is 5. The molecule has 0 radical (unpaired) electrons. The number of nitrogens with one attached hydrogen (secondary N) is 4. The van der Waals surface area contributed by atoms with Crippen LogP contribution in [0.25, 0.3) is 0 Å². The Balaban J connectivity index is 0.887. The summed E-state index contributed by atoms with van der Waals surface area (Å²) in [5, 5.41) is 13.4. The lowest BCUT2D eigenvalue weighted by atomic mass is 9.53. The van der Waals surface area contributed by atoms with Gasteiger partial charge in [-0.1, -0.05) is 13.8 Å². The quantitative estimate of drug-likeness (QED) is 0.448. The molecule has 0 aliphatic heterocycles. The number of hydrogen-bond acceptors (Lipinski definition) is 2. The van der Waals surface area contributed by atoms with Crippen molar-refractivity contribution in [3.63, 3.8) is 0 Å². The largest absolute Gasteiger partial charge is 0.338 e. The van der Waals surface area contributed by atoms with E-state index in [1.807, 2.05) is 0 Å². The normalized spacial score (nSPS) is 49.9. The first-order chi connectivity index (χ1) is 16.7. The monoisotopic (exact) mass is 482 g/mol. The van der Waals surface area contributed by atoms with Gasteiger partial charge in [0, 0.05) is 23.7 Å². The highest BCUT2D eigenvalue weighted by molar-refractivity contribution is 5.76. The van der Waals surface area contributed by atoms with E-state index in [-0.39, 0.29) is 34.6 Å².